The van der Waals surface area contributed by atoms with E-state index in [2.05, 4.69) is 4.74 Å². The molecule has 1 aromatic rings. The summed E-state index contributed by atoms with van der Waals surface area (Å²) in [6, 6.07) is 6.40. The molecule has 0 bridgehead atoms. The number of hydrogen-bond donors (Lipinski definition) is 0. The summed E-state index contributed by atoms with van der Waals surface area (Å²) in [5.74, 6) is -0.644. The van der Waals surface area contributed by atoms with Gasteiger partial charge in [-0.3, -0.25) is 4.79 Å². The first-order valence-electron chi connectivity index (χ1n) is 5.37. The fourth-order valence-electron chi connectivity index (χ4n) is 1.37. The van der Waals surface area contributed by atoms with Crippen molar-refractivity contribution in [2.45, 2.75) is 20.5 Å². The lowest BCUT2D eigenvalue weighted by Gasteiger charge is -2.21. The summed E-state index contributed by atoms with van der Waals surface area (Å²) in [6.45, 7) is 3.78. The third-order valence-electron chi connectivity index (χ3n) is 2.42. The van der Waals surface area contributed by atoms with E-state index in [1.54, 1.807) is 32.0 Å². The predicted octanol–water partition coefficient (Wildman–Crippen LogP) is 2.54. The Morgan fingerprint density at radius 2 is 2.00 bits per heavy atom. The van der Waals surface area contributed by atoms with Gasteiger partial charge in [0.1, 0.15) is 5.82 Å². The average molecular weight is 240 g/mol. The first kappa shape index (κ1) is 13.6. The summed E-state index contributed by atoms with van der Waals surface area (Å²) in [6.07, 6.45) is 0. The molecule has 3 nitrogen and oxygen atoms in total. The normalized spacial score (nSPS) is 11.3. The Bertz CT molecular complexity index is 388. The molecule has 1 aromatic carbocycles. The molecule has 0 aliphatic rings. The highest BCUT2D eigenvalue weighted by Gasteiger charge is 2.28. The molecular formula is C13H17FO3. The standard InChI is InChI=1S/C13H17FO3/c1-13(2,12(15)16-3)9-17-8-10-6-4-5-7-11(10)14/h4-7H,8-9H2,1-3H3. The van der Waals surface area contributed by atoms with E-state index >= 15 is 0 Å². The van der Waals surface area contributed by atoms with Crippen LogP contribution in [0, 0.1) is 11.2 Å². The number of halogens is 1. The van der Waals surface area contributed by atoms with Crippen LogP contribution >= 0.6 is 0 Å². The predicted molar refractivity (Wildman–Crippen MR) is 61.9 cm³/mol. The van der Waals surface area contributed by atoms with E-state index in [0.717, 1.165) is 0 Å². The fraction of sp³-hybridized carbons (Fsp3) is 0.462. The summed E-state index contributed by atoms with van der Waals surface area (Å²) in [5.41, 5.74) is -0.242. The number of hydrogen-bond acceptors (Lipinski definition) is 3. The maximum Gasteiger partial charge on any atom is 0.313 e. The Balaban J connectivity index is 2.48. The van der Waals surface area contributed by atoms with Crippen molar-refractivity contribution in [3.8, 4) is 0 Å². The molecule has 0 N–H and O–H groups in total. The summed E-state index contributed by atoms with van der Waals surface area (Å²) in [4.78, 5) is 11.4. The van der Waals surface area contributed by atoms with Gasteiger partial charge in [-0.1, -0.05) is 18.2 Å². The Labute approximate surface area is 101 Å². The smallest absolute Gasteiger partial charge is 0.313 e. The van der Waals surface area contributed by atoms with Crippen LogP contribution in [0.3, 0.4) is 0 Å². The zero-order valence-corrected chi connectivity index (χ0v) is 10.3. The quantitative estimate of drug-likeness (QED) is 0.742. The lowest BCUT2D eigenvalue weighted by atomic mass is 9.95. The summed E-state index contributed by atoms with van der Waals surface area (Å²) >= 11 is 0. The maximum atomic E-state index is 13.3. The Morgan fingerprint density at radius 3 is 2.59 bits per heavy atom. The topological polar surface area (TPSA) is 35.5 Å². The molecule has 0 aromatic heterocycles. The van der Waals surface area contributed by atoms with E-state index < -0.39 is 5.41 Å². The van der Waals surface area contributed by atoms with Crippen LogP contribution in [0.2, 0.25) is 0 Å². The SMILES string of the molecule is COC(=O)C(C)(C)COCc1ccccc1F. The molecular weight excluding hydrogens is 223 g/mol. The number of carbonyl (C=O) groups excluding carboxylic acids is 1. The maximum absolute atomic E-state index is 13.3. The zero-order valence-electron chi connectivity index (χ0n) is 10.3. The van der Waals surface area contributed by atoms with Crippen molar-refractivity contribution in [2.24, 2.45) is 5.41 Å². The largest absolute Gasteiger partial charge is 0.469 e. The molecule has 0 aliphatic carbocycles. The van der Waals surface area contributed by atoms with Crippen LogP contribution in [0.1, 0.15) is 19.4 Å². The van der Waals surface area contributed by atoms with Gasteiger partial charge < -0.3 is 9.47 Å². The molecule has 0 amide bonds. The van der Waals surface area contributed by atoms with Crippen molar-refractivity contribution in [2.75, 3.05) is 13.7 Å². The van der Waals surface area contributed by atoms with Crippen molar-refractivity contribution in [1.82, 2.24) is 0 Å². The zero-order chi connectivity index (χ0) is 12.9. The minimum atomic E-state index is -0.722. The molecule has 1 rings (SSSR count). The van der Waals surface area contributed by atoms with Gasteiger partial charge in [0.2, 0.25) is 0 Å². The molecule has 0 saturated heterocycles. The molecule has 4 heteroatoms. The van der Waals surface area contributed by atoms with Crippen LogP contribution in [0.4, 0.5) is 4.39 Å². The first-order chi connectivity index (χ1) is 7.97. The number of ether oxygens (including phenoxy) is 2. The van der Waals surface area contributed by atoms with E-state index in [1.807, 2.05) is 0 Å². The number of methoxy groups -OCH3 is 1. The summed E-state index contributed by atoms with van der Waals surface area (Å²) < 4.78 is 23.3. The number of rotatable bonds is 5. The minimum Gasteiger partial charge on any atom is -0.469 e. The molecule has 0 radical (unpaired) electrons. The molecule has 0 aliphatic heterocycles. The summed E-state index contributed by atoms with van der Waals surface area (Å²) in [7, 11) is 1.33. The van der Waals surface area contributed by atoms with Gasteiger partial charge in [-0.05, 0) is 19.9 Å². The lowest BCUT2D eigenvalue weighted by molar-refractivity contribution is -0.154. The van der Waals surface area contributed by atoms with Gasteiger partial charge in [-0.25, -0.2) is 4.39 Å². The third kappa shape index (κ3) is 3.82. The number of benzene rings is 1. The molecule has 0 atom stereocenters. The molecule has 0 saturated carbocycles. The minimum absolute atomic E-state index is 0.146. The van der Waals surface area contributed by atoms with Crippen LogP contribution in [0.25, 0.3) is 0 Å². The second kappa shape index (κ2) is 5.77. The van der Waals surface area contributed by atoms with Crippen LogP contribution in [-0.2, 0) is 20.9 Å². The Morgan fingerprint density at radius 1 is 1.35 bits per heavy atom. The van der Waals surface area contributed by atoms with Crippen molar-refractivity contribution in [3.63, 3.8) is 0 Å². The van der Waals surface area contributed by atoms with E-state index in [-0.39, 0.29) is 25.0 Å². The van der Waals surface area contributed by atoms with E-state index in [1.165, 1.54) is 13.2 Å². The molecule has 17 heavy (non-hydrogen) atoms. The monoisotopic (exact) mass is 240 g/mol. The van der Waals surface area contributed by atoms with Gasteiger partial charge in [-0.2, -0.15) is 0 Å². The van der Waals surface area contributed by atoms with Crippen LogP contribution in [-0.4, -0.2) is 19.7 Å². The van der Waals surface area contributed by atoms with Gasteiger partial charge in [0.15, 0.2) is 0 Å². The van der Waals surface area contributed by atoms with Gasteiger partial charge in [-0.15, -0.1) is 0 Å². The van der Waals surface area contributed by atoms with Crippen molar-refractivity contribution >= 4 is 5.97 Å². The van der Waals surface area contributed by atoms with Crippen LogP contribution in [0.15, 0.2) is 24.3 Å². The van der Waals surface area contributed by atoms with Crippen LogP contribution in [0.5, 0.6) is 0 Å². The first-order valence-corrected chi connectivity index (χ1v) is 5.37. The van der Waals surface area contributed by atoms with Gasteiger partial charge in [0.25, 0.3) is 0 Å². The Kier molecular flexibility index (Phi) is 4.63. The molecule has 94 valence electrons. The molecule has 0 spiro atoms. The van der Waals surface area contributed by atoms with E-state index in [4.69, 9.17) is 4.74 Å². The van der Waals surface area contributed by atoms with Crippen molar-refractivity contribution in [3.05, 3.63) is 35.6 Å². The third-order valence-corrected chi connectivity index (χ3v) is 2.42. The Hall–Kier alpha value is -1.42. The highest BCUT2D eigenvalue weighted by Crippen LogP contribution is 2.18. The summed E-state index contributed by atoms with van der Waals surface area (Å²) in [5, 5.41) is 0. The highest BCUT2D eigenvalue weighted by molar-refractivity contribution is 5.75. The second-order valence-corrected chi connectivity index (χ2v) is 4.46. The van der Waals surface area contributed by atoms with E-state index in [9.17, 15) is 9.18 Å². The van der Waals surface area contributed by atoms with Gasteiger partial charge >= 0.3 is 5.97 Å². The van der Waals surface area contributed by atoms with Crippen molar-refractivity contribution in [1.29, 1.82) is 0 Å². The average Bonchev–Trinajstić information content (AvgIpc) is 2.30. The van der Waals surface area contributed by atoms with Gasteiger partial charge in [0, 0.05) is 5.56 Å². The van der Waals surface area contributed by atoms with E-state index in [0.29, 0.717) is 5.56 Å². The number of esters is 1. The lowest BCUT2D eigenvalue weighted by Crippen LogP contribution is -2.30. The molecule has 0 heterocycles. The van der Waals surface area contributed by atoms with Crippen LogP contribution < -0.4 is 0 Å². The highest BCUT2D eigenvalue weighted by atomic mass is 19.1. The second-order valence-electron chi connectivity index (χ2n) is 4.46. The molecule has 0 fully saturated rings. The molecule has 0 unspecified atom stereocenters. The fourth-order valence-corrected chi connectivity index (χ4v) is 1.37. The number of carbonyl (C=O) groups is 1. The van der Waals surface area contributed by atoms with Crippen molar-refractivity contribution < 1.29 is 18.7 Å². The van der Waals surface area contributed by atoms with Gasteiger partial charge in [0.05, 0.1) is 25.7 Å².